The standard InChI is InChI=1S/C34H46N4O10S/c1-33(2,3)48-32(43)35-26-11-9-7-5-6-8-10-22-19-34(22,31(42)37-49(44,45)25-16-17-25)36-28(39)27-18-24(20-38(27)29(26)40)47-30(41)21-12-14-23(46-4)15-13-21/h8,10,12-15,22,24-27H,5-7,9,11,16-20H2,1-4H3,(H,35,43)(H,36,39)(H,37,42)/t22-,24-,26+,27+,34-/m1/s1. The summed E-state index contributed by atoms with van der Waals surface area (Å²) in [5.74, 6) is -2.66. The summed E-state index contributed by atoms with van der Waals surface area (Å²) >= 11 is 0. The number of nitrogens with one attached hydrogen (secondary N) is 3. The minimum absolute atomic E-state index is 0.0861. The second-order valence-electron chi connectivity index (χ2n) is 14.2. The van der Waals surface area contributed by atoms with Crippen LogP contribution in [0.5, 0.6) is 5.75 Å². The quantitative estimate of drug-likeness (QED) is 0.282. The molecule has 268 valence electrons. The predicted molar refractivity (Wildman–Crippen MR) is 177 cm³/mol. The normalized spacial score (nSPS) is 27.7. The summed E-state index contributed by atoms with van der Waals surface area (Å²) < 4.78 is 43.9. The van der Waals surface area contributed by atoms with Gasteiger partial charge in [-0.05, 0) is 83.6 Å². The fourth-order valence-corrected chi connectivity index (χ4v) is 7.61. The molecule has 15 heteroatoms. The molecule has 2 aliphatic carbocycles. The first-order valence-corrected chi connectivity index (χ1v) is 18.4. The first-order chi connectivity index (χ1) is 23.1. The van der Waals surface area contributed by atoms with E-state index in [2.05, 4.69) is 15.4 Å². The maximum absolute atomic E-state index is 14.2. The summed E-state index contributed by atoms with van der Waals surface area (Å²) in [5.41, 5.74) is -2.11. The van der Waals surface area contributed by atoms with Crippen molar-refractivity contribution in [2.24, 2.45) is 5.92 Å². The van der Waals surface area contributed by atoms with Gasteiger partial charge in [0, 0.05) is 12.3 Å². The van der Waals surface area contributed by atoms with Gasteiger partial charge in [0.15, 0.2) is 0 Å². The van der Waals surface area contributed by atoms with Crippen LogP contribution < -0.4 is 20.1 Å². The van der Waals surface area contributed by atoms with Gasteiger partial charge in [0.2, 0.25) is 21.8 Å². The molecule has 1 aromatic carbocycles. The molecule has 49 heavy (non-hydrogen) atoms. The van der Waals surface area contributed by atoms with Gasteiger partial charge >= 0.3 is 12.1 Å². The molecular formula is C34H46N4O10S. The van der Waals surface area contributed by atoms with Crippen molar-refractivity contribution < 1.29 is 46.6 Å². The number of benzene rings is 1. The van der Waals surface area contributed by atoms with Crippen LogP contribution in [-0.2, 0) is 33.9 Å². The number of fused-ring (bicyclic) bond motifs is 2. The number of rotatable bonds is 7. The smallest absolute Gasteiger partial charge is 0.408 e. The number of allylic oxidation sites excluding steroid dienone is 1. The van der Waals surface area contributed by atoms with Crippen molar-refractivity contribution in [2.45, 2.75) is 113 Å². The number of hydrogen-bond donors (Lipinski definition) is 3. The van der Waals surface area contributed by atoms with E-state index in [4.69, 9.17) is 14.2 Å². The molecule has 1 aromatic rings. The summed E-state index contributed by atoms with van der Waals surface area (Å²) in [6.07, 6.45) is 6.12. The third-order valence-electron chi connectivity index (χ3n) is 9.13. The molecule has 5 rings (SSSR count). The Morgan fingerprint density at radius 3 is 2.39 bits per heavy atom. The molecule has 0 aromatic heterocycles. The number of esters is 1. The van der Waals surface area contributed by atoms with Crippen molar-refractivity contribution in [3.8, 4) is 5.75 Å². The van der Waals surface area contributed by atoms with Gasteiger partial charge in [-0.25, -0.2) is 18.0 Å². The number of amides is 4. The minimum Gasteiger partial charge on any atom is -0.497 e. The van der Waals surface area contributed by atoms with E-state index in [1.807, 2.05) is 12.2 Å². The lowest BCUT2D eigenvalue weighted by atomic mass is 10.0. The maximum atomic E-state index is 14.2. The van der Waals surface area contributed by atoms with Gasteiger partial charge in [-0.15, -0.1) is 0 Å². The van der Waals surface area contributed by atoms with E-state index in [1.165, 1.54) is 24.1 Å². The summed E-state index contributed by atoms with van der Waals surface area (Å²) in [6, 6.07) is 4.04. The zero-order valence-electron chi connectivity index (χ0n) is 28.4. The molecule has 1 saturated heterocycles. The molecule has 3 fully saturated rings. The molecule has 0 unspecified atom stereocenters. The van der Waals surface area contributed by atoms with Crippen molar-refractivity contribution in [3.05, 3.63) is 42.0 Å². The molecule has 3 N–H and O–H groups in total. The second-order valence-corrected chi connectivity index (χ2v) is 16.2. The number of sulfonamides is 1. The third-order valence-corrected chi connectivity index (χ3v) is 11.0. The van der Waals surface area contributed by atoms with E-state index in [0.717, 1.165) is 12.8 Å². The molecule has 0 radical (unpaired) electrons. The first-order valence-electron chi connectivity index (χ1n) is 16.8. The number of carbonyl (C=O) groups excluding carboxylic acids is 5. The highest BCUT2D eigenvalue weighted by molar-refractivity contribution is 7.91. The average Bonchev–Trinajstić information content (AvgIpc) is 3.95. The second kappa shape index (κ2) is 14.4. The lowest BCUT2D eigenvalue weighted by molar-refractivity contribution is -0.141. The third kappa shape index (κ3) is 8.91. The Morgan fingerprint density at radius 1 is 1.02 bits per heavy atom. The van der Waals surface area contributed by atoms with Gasteiger partial charge in [0.1, 0.15) is 35.1 Å². The molecule has 2 heterocycles. The first kappa shape index (κ1) is 36.1. The van der Waals surface area contributed by atoms with Gasteiger partial charge in [0.05, 0.1) is 24.5 Å². The van der Waals surface area contributed by atoms with Gasteiger partial charge in [-0.3, -0.25) is 19.1 Å². The van der Waals surface area contributed by atoms with Crippen molar-refractivity contribution >= 4 is 39.8 Å². The number of carbonyl (C=O) groups is 5. The van der Waals surface area contributed by atoms with Crippen LogP contribution in [0.1, 0.15) is 88.9 Å². The molecule has 4 amide bonds. The van der Waals surface area contributed by atoms with E-state index < -0.39 is 80.3 Å². The molecular weight excluding hydrogens is 656 g/mol. The Balaban J connectivity index is 1.42. The van der Waals surface area contributed by atoms with E-state index >= 15 is 0 Å². The van der Waals surface area contributed by atoms with Gasteiger partial charge < -0.3 is 29.7 Å². The largest absolute Gasteiger partial charge is 0.497 e. The van der Waals surface area contributed by atoms with E-state index in [-0.39, 0.29) is 31.4 Å². The van der Waals surface area contributed by atoms with Crippen LogP contribution in [-0.4, -0.2) is 91.3 Å². The molecule has 0 spiro atoms. The minimum atomic E-state index is -3.90. The molecule has 14 nitrogen and oxygen atoms in total. The Kier molecular flexibility index (Phi) is 10.6. The summed E-state index contributed by atoms with van der Waals surface area (Å²) in [7, 11) is -2.40. The van der Waals surface area contributed by atoms with Crippen molar-refractivity contribution in [2.75, 3.05) is 13.7 Å². The van der Waals surface area contributed by atoms with Gasteiger partial charge in [0.25, 0.3) is 5.91 Å². The summed E-state index contributed by atoms with van der Waals surface area (Å²) in [5, 5.41) is 4.82. The van der Waals surface area contributed by atoms with Crippen molar-refractivity contribution in [1.29, 1.82) is 0 Å². The lowest BCUT2D eigenvalue weighted by Crippen LogP contribution is -2.58. The molecule has 4 aliphatic rings. The highest BCUT2D eigenvalue weighted by Crippen LogP contribution is 2.46. The molecule has 0 bridgehead atoms. The van der Waals surface area contributed by atoms with E-state index in [1.54, 1.807) is 32.9 Å². The monoisotopic (exact) mass is 702 g/mol. The predicted octanol–water partition coefficient (Wildman–Crippen LogP) is 2.72. The fourth-order valence-electron chi connectivity index (χ4n) is 6.24. The van der Waals surface area contributed by atoms with Crippen LogP contribution in [0.25, 0.3) is 0 Å². The molecule has 2 saturated carbocycles. The topological polar surface area (TPSA) is 187 Å². The highest BCUT2D eigenvalue weighted by atomic mass is 32.2. The SMILES string of the molecule is COc1ccc(C(=O)O[C@@H]2C[C@H]3C(=O)N[C@]4(C(=O)NS(=O)(=O)C5CC5)C[C@H]4C=CCCCCC[C@H](NC(=O)OC(C)(C)C)C(=O)N3C2)cc1. The number of ether oxygens (including phenoxy) is 3. The van der Waals surface area contributed by atoms with E-state index in [0.29, 0.717) is 31.4 Å². The van der Waals surface area contributed by atoms with E-state index in [9.17, 15) is 32.4 Å². The van der Waals surface area contributed by atoms with Crippen LogP contribution in [0.4, 0.5) is 4.79 Å². The molecule has 2 aliphatic heterocycles. The Bertz CT molecular complexity index is 1580. The van der Waals surface area contributed by atoms with Crippen molar-refractivity contribution in [1.82, 2.24) is 20.3 Å². The zero-order valence-corrected chi connectivity index (χ0v) is 29.2. The van der Waals surface area contributed by atoms with Crippen LogP contribution in [0.15, 0.2) is 36.4 Å². The average molecular weight is 703 g/mol. The number of nitrogens with zero attached hydrogens (tertiary/aromatic N) is 1. The highest BCUT2D eigenvalue weighted by Gasteiger charge is 2.62. The summed E-state index contributed by atoms with van der Waals surface area (Å²) in [6.45, 7) is 4.96. The fraction of sp³-hybridized carbons (Fsp3) is 0.618. The zero-order chi connectivity index (χ0) is 35.6. The van der Waals surface area contributed by atoms with Crippen LogP contribution in [0.2, 0.25) is 0 Å². The van der Waals surface area contributed by atoms with Gasteiger partial charge in [-0.2, -0.15) is 0 Å². The Hall–Kier alpha value is -4.14. The van der Waals surface area contributed by atoms with Crippen molar-refractivity contribution in [3.63, 3.8) is 0 Å². The van der Waals surface area contributed by atoms with Crippen LogP contribution >= 0.6 is 0 Å². The molecule has 5 atom stereocenters. The maximum Gasteiger partial charge on any atom is 0.408 e. The summed E-state index contributed by atoms with van der Waals surface area (Å²) in [4.78, 5) is 69.0. The number of methoxy groups -OCH3 is 1. The number of alkyl carbamates (subject to hydrolysis) is 1. The Labute approximate surface area is 286 Å². The number of hydrogen-bond acceptors (Lipinski definition) is 10. The van der Waals surface area contributed by atoms with Crippen LogP contribution in [0.3, 0.4) is 0 Å². The Morgan fingerprint density at radius 2 is 1.73 bits per heavy atom. The van der Waals surface area contributed by atoms with Gasteiger partial charge in [-0.1, -0.05) is 25.0 Å². The van der Waals surface area contributed by atoms with Crippen LogP contribution in [0, 0.1) is 5.92 Å². The lowest BCUT2D eigenvalue weighted by Gasteiger charge is -2.30.